The van der Waals surface area contributed by atoms with Crippen LogP contribution in [0.3, 0.4) is 0 Å². The smallest absolute Gasteiger partial charge is 0.426 e. The molecule has 8 amide bonds. The number of carboxylic acid groups (broad SMARTS) is 2. The van der Waals surface area contributed by atoms with Gasteiger partial charge in [-0.15, -0.1) is 23.2 Å². The number of hydrazine groups is 1. The number of nitrogens with one attached hydrogen (secondary N) is 12. The number of halogens is 2. The third-order valence-corrected chi connectivity index (χ3v) is 26.7. The van der Waals surface area contributed by atoms with Gasteiger partial charge < -0.3 is 82.1 Å². The van der Waals surface area contributed by atoms with Crippen molar-refractivity contribution in [3.63, 3.8) is 0 Å². The third-order valence-electron chi connectivity index (χ3n) is 23.3. The minimum absolute atomic E-state index is 0.00184. The van der Waals surface area contributed by atoms with Crippen LogP contribution in [0.25, 0.3) is 44.3 Å². The van der Waals surface area contributed by atoms with Crippen LogP contribution in [0.5, 0.6) is 0 Å². The molecule has 0 fully saturated rings. The number of Topliss-reactive ketones (excluding diaryl/α,β-unsaturated/α-hetero) is 2. The Labute approximate surface area is 785 Å². The number of nitrogen functional groups attached to an aromatic ring is 1. The van der Waals surface area contributed by atoms with E-state index in [0.717, 1.165) is 56.1 Å². The van der Waals surface area contributed by atoms with Crippen molar-refractivity contribution in [2.45, 2.75) is 172 Å². The van der Waals surface area contributed by atoms with Crippen LogP contribution in [-0.4, -0.2) is 243 Å². The van der Waals surface area contributed by atoms with Crippen molar-refractivity contribution >= 4 is 193 Å². The fourth-order valence-corrected chi connectivity index (χ4v) is 19.0. The molecule has 2 aliphatic heterocycles. The molecule has 1 aliphatic carbocycles. The van der Waals surface area contributed by atoms with Crippen LogP contribution in [0.4, 0.5) is 22.1 Å². The number of hydrogen-bond donors (Lipinski definition) is 16. The van der Waals surface area contributed by atoms with E-state index in [1.165, 1.54) is 44.5 Å². The van der Waals surface area contributed by atoms with Gasteiger partial charge in [-0.2, -0.15) is 13.4 Å². The van der Waals surface area contributed by atoms with Gasteiger partial charge in [0.15, 0.2) is 22.7 Å². The number of amides is 8. The first-order chi connectivity index (χ1) is 63.9. The molecule has 2 aromatic carbocycles. The van der Waals surface area contributed by atoms with Gasteiger partial charge in [0.05, 0.1) is 65.5 Å². The number of anilines is 3. The number of ether oxygens (including phenoxy) is 2. The minimum atomic E-state index is -4.58. The summed E-state index contributed by atoms with van der Waals surface area (Å²) in [6.45, 7) is 11.5. The van der Waals surface area contributed by atoms with Crippen LogP contribution in [0, 0.1) is 13.8 Å². The first kappa shape index (κ1) is 102. The van der Waals surface area contributed by atoms with Crippen LogP contribution in [0.2, 0.25) is 0 Å². The number of carbonyl (C=O) groups excluding carboxylic acids is 11. The fourth-order valence-electron chi connectivity index (χ4n) is 16.2. The summed E-state index contributed by atoms with van der Waals surface area (Å²) in [6.07, 6.45) is -0.552. The minimum Gasteiger partial charge on any atom is -0.480 e. The predicted molar refractivity (Wildman–Crippen MR) is 500 cm³/mol. The Morgan fingerprint density at radius 1 is 0.701 bits per heavy atom. The Hall–Kier alpha value is -12.9. The summed E-state index contributed by atoms with van der Waals surface area (Å²) < 4.78 is 44.5. The lowest BCUT2D eigenvalue weighted by Gasteiger charge is -2.22. The van der Waals surface area contributed by atoms with E-state index in [4.69, 9.17) is 53.4 Å². The van der Waals surface area contributed by atoms with Gasteiger partial charge in [0.2, 0.25) is 35.5 Å². The van der Waals surface area contributed by atoms with Crippen LogP contribution in [0.15, 0.2) is 71.7 Å². The summed E-state index contributed by atoms with van der Waals surface area (Å²) >= 11 is 12.2. The van der Waals surface area contributed by atoms with Crippen molar-refractivity contribution in [3.8, 4) is 0 Å². The summed E-state index contributed by atoms with van der Waals surface area (Å²) in [5.41, 5.74) is 19.8. The van der Waals surface area contributed by atoms with E-state index in [2.05, 4.69) is 96.7 Å². The van der Waals surface area contributed by atoms with E-state index in [9.17, 15) is 90.3 Å². The van der Waals surface area contributed by atoms with Crippen LogP contribution >= 0.6 is 44.8 Å². The van der Waals surface area contributed by atoms with Gasteiger partial charge in [-0.25, -0.2) is 34.8 Å². The second kappa shape index (κ2) is 46.2. The molecular formula is C87H105Cl2N21O21S3. The molecule has 9 atom stereocenters. The van der Waals surface area contributed by atoms with Crippen LogP contribution in [-0.2, 0) is 82.8 Å². The number of aliphatic carboxylic acids is 2. The van der Waals surface area contributed by atoms with Crippen molar-refractivity contribution in [2.24, 2.45) is 7.05 Å². The maximum absolute atomic E-state index is 14.7. The number of aromatic nitrogens is 10. The zero-order chi connectivity index (χ0) is 97.1. The van der Waals surface area contributed by atoms with Gasteiger partial charge in [-0.3, -0.25) is 77.7 Å². The first-order valence-corrected chi connectivity index (χ1v) is 48.2. The summed E-state index contributed by atoms with van der Waals surface area (Å²) in [4.78, 5) is 227. The van der Waals surface area contributed by atoms with Gasteiger partial charge in [-0.05, 0) is 131 Å². The summed E-state index contributed by atoms with van der Waals surface area (Å²) in [5.74, 6) is -13.0. The molecule has 716 valence electrons. The second-order valence-electron chi connectivity index (χ2n) is 32.3. The van der Waals surface area contributed by atoms with Crippen molar-refractivity contribution in [1.82, 2.24) is 92.2 Å². The van der Waals surface area contributed by atoms with Gasteiger partial charge in [0, 0.05) is 168 Å². The molecule has 6 aromatic heterocycles. The molecule has 42 nitrogen and oxygen atoms in total. The quantitative estimate of drug-likeness (QED) is 0.00279. The number of nitrogens with zero attached hydrogens (tertiary/aromatic N) is 8. The number of methoxy groups -OCH3 is 1. The van der Waals surface area contributed by atoms with Gasteiger partial charge in [0.1, 0.15) is 42.5 Å². The van der Waals surface area contributed by atoms with Crippen molar-refractivity contribution in [1.29, 1.82) is 0 Å². The van der Waals surface area contributed by atoms with Crippen LogP contribution < -0.4 is 64.3 Å². The van der Waals surface area contributed by atoms with E-state index >= 15 is 0 Å². The summed E-state index contributed by atoms with van der Waals surface area (Å²) in [7, 11) is 0.337. The number of carbonyl (C=O) groups is 13. The predicted octanol–water partition coefficient (Wildman–Crippen LogP) is 6.60. The number of rotatable bonds is 45. The Balaban J connectivity index is 0.698. The van der Waals surface area contributed by atoms with Gasteiger partial charge >= 0.3 is 24.0 Å². The molecule has 0 spiro atoms. The van der Waals surface area contributed by atoms with Gasteiger partial charge in [0.25, 0.3) is 27.5 Å². The molecule has 47 heteroatoms. The number of fused-ring (bicyclic) bond motifs is 10. The number of alkyl halides is 2. The number of H-pyrrole nitrogens is 3. The second-order valence-corrected chi connectivity index (χ2v) is 37.3. The Morgan fingerprint density at radius 2 is 1.38 bits per heavy atom. The van der Waals surface area contributed by atoms with E-state index in [0.29, 0.717) is 116 Å². The number of aryl methyl sites for hydroxylation is 4. The van der Waals surface area contributed by atoms with Crippen molar-refractivity contribution < 1.29 is 95.0 Å². The number of ketones is 2. The molecule has 2 unspecified atom stereocenters. The lowest BCUT2D eigenvalue weighted by molar-refractivity contribution is -0.142. The number of hydrogen-bond acceptors (Lipinski definition) is 29. The highest BCUT2D eigenvalue weighted by atomic mass is 35.5. The topological polar surface area (TPSA) is 619 Å². The number of esters is 1. The van der Waals surface area contributed by atoms with Crippen molar-refractivity contribution in [2.75, 3.05) is 84.9 Å². The standard InChI is InChI=1S/C87H105Cl2N21O21S3/c1-9-51-42(2)56-37-61-70(46(6)111)44(4)58(97-61)35-57-43(3)52(74(101-57)72-73(85(125)130-8)77(116)71-45(5)59(102-75(71)72)36-60(51)96-56)20-23-66(112)91-27-11-12-54(99-67(113)14-10-13-65-98-53-21-19-50(34-64(53)109(65)7)110(29-25-88)30-26-89)81(119)107-108-87(126)131-31-32-132-133-41-63(84(123)124)104-80(118)62(38-69(115)92-28-33-134(127,128)129)100-68(114)24-22-55(83(121)122)103-79(117)47-15-17-48(18-16-47)93-39-49-40-94-78-76(95-49)82(120)106-86(90)105-78/h15-19,21,34-37,40,42-43,51-52,54-55,62-63,73,93,97,102H,9-14,20,22-33,38-39,41H2,1-8H3,(H,91,112)(H,92,115)(H,99,113)(H,100,114)(H,103,117)(H,104,118)(H,107,119)(H,108,126)(H,121,122)(H,123,124)(H,127,128,129)(H3,90,94,105,106,120)/t42-,43+,51-,52+,54?,55+,62+,63+,73?/m1/s1. The van der Waals surface area contributed by atoms with E-state index in [1.807, 2.05) is 61.9 Å². The number of benzene rings is 2. The maximum atomic E-state index is 14.7. The highest BCUT2D eigenvalue weighted by Crippen LogP contribution is 2.49. The van der Waals surface area contributed by atoms with Crippen molar-refractivity contribution in [3.05, 3.63) is 145 Å². The monoisotopic (exact) mass is 1950 g/mol. The number of carboxylic acids is 2. The fraction of sp³-hybridized carbons (Fsp3) is 0.448. The zero-order valence-electron chi connectivity index (χ0n) is 74.4. The number of aromatic amines is 3. The van der Waals surface area contributed by atoms with Crippen LogP contribution in [0.1, 0.15) is 204 Å². The Kier molecular flexibility index (Phi) is 35.1. The molecule has 3 aliphatic rings. The summed E-state index contributed by atoms with van der Waals surface area (Å²) in [5, 5.41) is 37.9. The highest BCUT2D eigenvalue weighted by Gasteiger charge is 2.46. The molecule has 8 heterocycles. The third kappa shape index (κ3) is 25.8. The lowest BCUT2D eigenvalue weighted by atomic mass is 9.84. The first-order valence-electron chi connectivity index (χ1n) is 43.1. The molecule has 17 N–H and O–H groups in total. The average Bonchev–Trinajstić information content (AvgIpc) is 1.56. The Morgan fingerprint density at radius 3 is 2.07 bits per heavy atom. The molecule has 0 radical (unpaired) electrons. The Bertz CT molecular complexity index is 6210. The average molecular weight is 1950 g/mol. The number of imidazole rings is 1. The molecular weight excluding hydrogens is 1840 g/mol. The highest BCUT2D eigenvalue weighted by molar-refractivity contribution is 8.76. The summed E-state index contributed by atoms with van der Waals surface area (Å²) in [6, 6.07) is 10.6. The molecule has 0 saturated carbocycles. The molecule has 11 rings (SSSR count). The SMILES string of the molecule is CC[C@H]1c2cc3[nH]c4c(c3C)C(=O)C(C(=O)OC)c4c3nc(cc4[nH]c(cc(n2)[C@@H]1C)c(C(C)=O)c4C)[C@@H](C)[C@@H]3CCC(=O)NCCCC(NC(=O)CCCc1nc2ccc(N(CCCl)CCCl)cc2n1C)C(=O)NNC(=O)OCCSSC[C@H](NC(=O)[C@H](CC(=O)NCCS(=O)(=O)O)NC(=O)CC[C@H](NC(=O)c1ccc(NCc2cnc3nc(N)[nH]c(=O)c3n2)cc1)C(=O)O)C(=O)O. The number of nitrogens with two attached hydrogens (primary N) is 1. The maximum Gasteiger partial charge on any atom is 0.426 e. The molecule has 8 aromatic rings. The normalized spacial score (nSPS) is 15.9. The van der Waals surface area contributed by atoms with E-state index < -0.39 is 160 Å². The molecule has 8 bridgehead atoms. The zero-order valence-corrected chi connectivity index (χ0v) is 78.4. The van der Waals surface area contributed by atoms with E-state index in [1.54, 1.807) is 6.92 Å². The lowest BCUT2D eigenvalue weighted by Crippen LogP contribution is -2.54. The van der Waals surface area contributed by atoms with E-state index in [-0.39, 0.29) is 104 Å². The molecule has 0 saturated heterocycles. The largest absolute Gasteiger partial charge is 0.480 e. The molecule has 134 heavy (non-hydrogen) atoms. The van der Waals surface area contributed by atoms with Gasteiger partial charge in [-0.1, -0.05) is 42.4 Å².